The molecule has 1 fully saturated rings. The van der Waals surface area contributed by atoms with Crippen molar-refractivity contribution in [1.29, 1.82) is 0 Å². The number of ketones is 4. The van der Waals surface area contributed by atoms with Crippen molar-refractivity contribution >= 4 is 23.1 Å². The first-order chi connectivity index (χ1) is 11.0. The summed E-state index contributed by atoms with van der Waals surface area (Å²) in [6, 6.07) is 0. The molecular weight excluding hydrogens is 342 g/mol. The van der Waals surface area contributed by atoms with Crippen LogP contribution in [0.2, 0.25) is 0 Å². The SMILES string of the molecule is CC(=O)[C@]1(O)[C@@](O)(C(C)=O)[C@@](O)(C(C)=O)C(N)(O)O[C@@]1(CO)C(C)=O. The number of carbonyl (C=O) groups is 4. The molecule has 0 aliphatic carbocycles. The third kappa shape index (κ3) is 2.05. The van der Waals surface area contributed by atoms with E-state index in [9.17, 15) is 44.7 Å². The number of nitrogens with two attached hydrogens (primary N) is 1. The fourth-order valence-electron chi connectivity index (χ4n) is 3.37. The summed E-state index contributed by atoms with van der Waals surface area (Å²) >= 11 is 0. The van der Waals surface area contributed by atoms with Crippen LogP contribution in [0.3, 0.4) is 0 Å². The summed E-state index contributed by atoms with van der Waals surface area (Å²) in [7, 11) is 0. The van der Waals surface area contributed by atoms with Gasteiger partial charge in [0.05, 0.1) is 6.61 Å². The first-order valence-electron chi connectivity index (χ1n) is 7.08. The molecular formula is C14H21NO10. The lowest BCUT2D eigenvalue weighted by Crippen LogP contribution is -2.95. The Hall–Kier alpha value is -1.60. The van der Waals surface area contributed by atoms with Gasteiger partial charge in [-0.05, 0) is 27.7 Å². The lowest BCUT2D eigenvalue weighted by atomic mass is 9.55. The van der Waals surface area contributed by atoms with E-state index in [0.717, 1.165) is 0 Å². The van der Waals surface area contributed by atoms with Gasteiger partial charge in [-0.3, -0.25) is 24.9 Å². The summed E-state index contributed by atoms with van der Waals surface area (Å²) in [4.78, 5) is 48.5. The lowest BCUT2D eigenvalue weighted by molar-refractivity contribution is -0.424. The van der Waals surface area contributed by atoms with Crippen molar-refractivity contribution in [2.24, 2.45) is 5.73 Å². The molecule has 0 aromatic heterocycles. The van der Waals surface area contributed by atoms with E-state index in [4.69, 9.17) is 10.5 Å². The second kappa shape index (κ2) is 5.71. The fourth-order valence-corrected chi connectivity index (χ4v) is 3.37. The monoisotopic (exact) mass is 363 g/mol. The maximum absolute atomic E-state index is 12.2. The van der Waals surface area contributed by atoms with Gasteiger partial charge in [-0.15, -0.1) is 0 Å². The van der Waals surface area contributed by atoms with E-state index in [1.807, 2.05) is 0 Å². The van der Waals surface area contributed by atoms with Crippen LogP contribution in [0.4, 0.5) is 0 Å². The molecule has 0 spiro atoms. The second-order valence-corrected chi connectivity index (χ2v) is 6.14. The van der Waals surface area contributed by atoms with Gasteiger partial charge in [0, 0.05) is 0 Å². The van der Waals surface area contributed by atoms with Gasteiger partial charge in [0.15, 0.2) is 28.7 Å². The molecule has 142 valence electrons. The first-order valence-corrected chi connectivity index (χ1v) is 7.08. The van der Waals surface area contributed by atoms with E-state index in [-0.39, 0.29) is 0 Å². The molecule has 5 atom stereocenters. The summed E-state index contributed by atoms with van der Waals surface area (Å²) in [5.74, 6) is -9.60. The van der Waals surface area contributed by atoms with Crippen LogP contribution in [0, 0.1) is 0 Å². The molecule has 11 heteroatoms. The Balaban J connectivity index is 4.21. The average Bonchev–Trinajstić information content (AvgIpc) is 2.47. The maximum Gasteiger partial charge on any atom is 0.265 e. The molecule has 1 unspecified atom stereocenters. The summed E-state index contributed by atoms with van der Waals surface area (Å²) in [6.07, 6.45) is 0. The lowest BCUT2D eigenvalue weighted by Gasteiger charge is -2.62. The zero-order chi connectivity index (χ0) is 20.2. The Morgan fingerprint density at radius 3 is 1.36 bits per heavy atom. The summed E-state index contributed by atoms with van der Waals surface area (Å²) in [6.45, 7) is 0.966. The van der Waals surface area contributed by atoms with E-state index in [2.05, 4.69) is 0 Å². The van der Waals surface area contributed by atoms with Gasteiger partial charge in [0.1, 0.15) is 0 Å². The zero-order valence-corrected chi connectivity index (χ0v) is 14.1. The largest absolute Gasteiger partial charge is 0.393 e. The summed E-state index contributed by atoms with van der Waals surface area (Å²) in [5, 5.41) is 52.4. The number of carbonyl (C=O) groups excluding carboxylic acids is 4. The van der Waals surface area contributed by atoms with E-state index < -0.39 is 58.1 Å². The maximum atomic E-state index is 12.2. The molecule has 1 rings (SSSR count). The number of aliphatic hydroxyl groups excluding tert-OH is 1. The highest BCUT2D eigenvalue weighted by Crippen LogP contribution is 2.53. The molecule has 1 saturated heterocycles. The Kier molecular flexibility index (Phi) is 4.89. The van der Waals surface area contributed by atoms with Crippen LogP contribution in [0.1, 0.15) is 27.7 Å². The van der Waals surface area contributed by atoms with Gasteiger partial charge < -0.3 is 30.3 Å². The molecule has 0 aromatic carbocycles. The molecule has 11 nitrogen and oxygen atoms in total. The standard InChI is InChI=1S/C14H21NO10/c1-6(17)10(5-16)11(21,7(2)18)12(22,8(3)19)13(23,9(4)20)14(15,24)25-10/h16,21-24H,5,15H2,1-4H3/t10-,11+,12-,13-,14?/m0/s1. The van der Waals surface area contributed by atoms with E-state index in [1.165, 1.54) is 0 Å². The van der Waals surface area contributed by atoms with Crippen LogP contribution in [0.25, 0.3) is 0 Å². The minimum atomic E-state index is -3.83. The van der Waals surface area contributed by atoms with Crippen LogP contribution in [0.5, 0.6) is 0 Å². The topological polar surface area (TPSA) is 205 Å². The van der Waals surface area contributed by atoms with E-state index >= 15 is 0 Å². The van der Waals surface area contributed by atoms with Gasteiger partial charge in [-0.25, -0.2) is 0 Å². The van der Waals surface area contributed by atoms with Gasteiger partial charge in [0.25, 0.3) is 5.91 Å². The van der Waals surface area contributed by atoms with Crippen molar-refractivity contribution in [1.82, 2.24) is 0 Å². The minimum Gasteiger partial charge on any atom is -0.393 e. The molecule has 0 radical (unpaired) electrons. The number of ether oxygens (including phenoxy) is 1. The van der Waals surface area contributed by atoms with Crippen molar-refractivity contribution in [2.75, 3.05) is 6.61 Å². The number of hydrogen-bond donors (Lipinski definition) is 6. The number of Topliss-reactive ketones (excluding diaryl/α,β-unsaturated/α-hetero) is 4. The molecule has 0 amide bonds. The smallest absolute Gasteiger partial charge is 0.265 e. The Bertz CT molecular complexity index is 660. The molecule has 0 saturated carbocycles. The summed E-state index contributed by atoms with van der Waals surface area (Å²) in [5.41, 5.74) is -9.03. The Morgan fingerprint density at radius 1 is 0.760 bits per heavy atom. The summed E-state index contributed by atoms with van der Waals surface area (Å²) < 4.78 is 4.75. The first kappa shape index (κ1) is 21.4. The highest BCUT2D eigenvalue weighted by molar-refractivity contribution is 6.09. The van der Waals surface area contributed by atoms with Gasteiger partial charge in [0.2, 0.25) is 16.8 Å². The zero-order valence-electron chi connectivity index (χ0n) is 14.1. The fraction of sp³-hybridized carbons (Fsp3) is 0.714. The predicted molar refractivity (Wildman–Crippen MR) is 77.6 cm³/mol. The second-order valence-electron chi connectivity index (χ2n) is 6.14. The third-order valence-electron chi connectivity index (χ3n) is 4.80. The van der Waals surface area contributed by atoms with Crippen LogP contribution in [-0.4, -0.2) is 83.6 Å². The molecule has 1 heterocycles. The minimum absolute atomic E-state index is 0.575. The van der Waals surface area contributed by atoms with Crippen molar-refractivity contribution in [3.8, 4) is 0 Å². The molecule has 0 aromatic rings. The molecule has 7 N–H and O–H groups in total. The number of aliphatic hydroxyl groups is 5. The van der Waals surface area contributed by atoms with E-state index in [0.29, 0.717) is 27.7 Å². The average molecular weight is 363 g/mol. The quantitative estimate of drug-likeness (QED) is 0.259. The number of rotatable bonds is 5. The molecule has 25 heavy (non-hydrogen) atoms. The van der Waals surface area contributed by atoms with Crippen molar-refractivity contribution < 1.29 is 49.4 Å². The normalized spacial score (nSPS) is 44.2. The van der Waals surface area contributed by atoms with Crippen LogP contribution < -0.4 is 5.73 Å². The van der Waals surface area contributed by atoms with Crippen LogP contribution in [0.15, 0.2) is 0 Å². The molecule has 1 aliphatic heterocycles. The van der Waals surface area contributed by atoms with E-state index in [1.54, 1.807) is 0 Å². The highest BCUT2D eigenvalue weighted by Gasteiger charge is 2.87. The predicted octanol–water partition coefficient (Wildman–Crippen LogP) is -4.10. The molecule has 0 bridgehead atoms. The number of hydrogen-bond acceptors (Lipinski definition) is 11. The molecule has 1 aliphatic rings. The highest BCUT2D eigenvalue weighted by atomic mass is 16.7. The Morgan fingerprint density at radius 2 is 1.12 bits per heavy atom. The van der Waals surface area contributed by atoms with Crippen molar-refractivity contribution in [2.45, 2.75) is 56.0 Å². The van der Waals surface area contributed by atoms with Gasteiger partial charge >= 0.3 is 0 Å². The van der Waals surface area contributed by atoms with Crippen LogP contribution >= 0.6 is 0 Å². The third-order valence-corrected chi connectivity index (χ3v) is 4.80. The van der Waals surface area contributed by atoms with Crippen molar-refractivity contribution in [3.63, 3.8) is 0 Å². The van der Waals surface area contributed by atoms with Gasteiger partial charge in [-0.2, -0.15) is 0 Å². The van der Waals surface area contributed by atoms with Gasteiger partial charge in [-0.1, -0.05) is 0 Å². The van der Waals surface area contributed by atoms with Crippen LogP contribution in [-0.2, 0) is 23.9 Å². The van der Waals surface area contributed by atoms with Crippen molar-refractivity contribution in [3.05, 3.63) is 0 Å². The Labute approximate surface area is 142 Å².